The third-order valence-corrected chi connectivity index (χ3v) is 8.01. The Hall–Kier alpha value is -2.15. The van der Waals surface area contributed by atoms with E-state index in [1.54, 1.807) is 12.1 Å². The average Bonchev–Trinajstić information content (AvgIpc) is 2.70. The molecule has 1 saturated heterocycles. The van der Waals surface area contributed by atoms with Crippen molar-refractivity contribution in [2.75, 3.05) is 43.4 Å². The monoisotopic (exact) mass is 463 g/mol. The Morgan fingerprint density at radius 3 is 2.07 bits per heavy atom. The molecule has 0 saturated carbocycles. The lowest BCUT2D eigenvalue weighted by Crippen LogP contribution is -2.50. The quantitative estimate of drug-likeness (QED) is 0.673. The normalized spacial score (nSPS) is 16.0. The van der Waals surface area contributed by atoms with Crippen molar-refractivity contribution in [3.8, 4) is 0 Å². The maximum Gasteiger partial charge on any atom is 0.243 e. The smallest absolute Gasteiger partial charge is 0.243 e. The molecule has 0 aliphatic carbocycles. The van der Waals surface area contributed by atoms with Gasteiger partial charge in [-0.05, 0) is 42.5 Å². The zero-order valence-electron chi connectivity index (χ0n) is 15.8. The van der Waals surface area contributed by atoms with Crippen LogP contribution < -0.4 is 9.62 Å². The van der Waals surface area contributed by atoms with Gasteiger partial charge in [0.05, 0.1) is 5.75 Å². The van der Waals surface area contributed by atoms with Crippen LogP contribution in [-0.2, 0) is 20.0 Å². The van der Waals surface area contributed by atoms with Crippen molar-refractivity contribution < 1.29 is 30.0 Å². The van der Waals surface area contributed by atoms with Gasteiger partial charge in [-0.3, -0.25) is 0 Å². The van der Waals surface area contributed by atoms with Gasteiger partial charge in [-0.1, -0.05) is 0 Å². The minimum atomic E-state index is -4.40. The Morgan fingerprint density at radius 2 is 1.43 bits per heavy atom. The lowest BCUT2D eigenvalue weighted by Gasteiger charge is -2.35. The van der Waals surface area contributed by atoms with Crippen LogP contribution in [-0.4, -0.2) is 59.6 Å². The van der Waals surface area contributed by atoms with Gasteiger partial charge in [-0.15, -0.1) is 0 Å². The van der Waals surface area contributed by atoms with Crippen LogP contribution in [0.25, 0.3) is 0 Å². The molecule has 7 nitrogen and oxygen atoms in total. The van der Waals surface area contributed by atoms with Crippen LogP contribution in [0.1, 0.15) is 0 Å². The summed E-state index contributed by atoms with van der Waals surface area (Å²) in [5.41, 5.74) is 0.776. The number of nitrogens with zero attached hydrogens (tertiary/aromatic N) is 2. The van der Waals surface area contributed by atoms with E-state index in [9.17, 15) is 30.0 Å². The third kappa shape index (κ3) is 5.31. The molecule has 1 fully saturated rings. The molecule has 0 aromatic heterocycles. The molecule has 0 unspecified atom stereocenters. The van der Waals surface area contributed by atoms with Gasteiger partial charge in [0.2, 0.25) is 20.0 Å². The fourth-order valence-electron chi connectivity index (χ4n) is 3.07. The van der Waals surface area contributed by atoms with E-state index in [4.69, 9.17) is 0 Å². The third-order valence-electron chi connectivity index (χ3n) is 4.66. The van der Waals surface area contributed by atoms with E-state index < -0.39 is 48.9 Å². The first kappa shape index (κ1) is 22.5. The Morgan fingerprint density at radius 1 is 0.833 bits per heavy atom. The summed E-state index contributed by atoms with van der Waals surface area (Å²) in [6.45, 7) is 0.672. The second kappa shape index (κ2) is 8.92. The highest BCUT2D eigenvalue weighted by Gasteiger charge is 2.28. The number of hydrogen-bond acceptors (Lipinski definition) is 5. The predicted octanol–water partition coefficient (Wildman–Crippen LogP) is 1.53. The first-order valence-electron chi connectivity index (χ1n) is 9.01. The van der Waals surface area contributed by atoms with Crippen LogP contribution in [0.3, 0.4) is 0 Å². The molecule has 0 bridgehead atoms. The number of nitrogens with one attached hydrogen (secondary N) is 1. The van der Waals surface area contributed by atoms with Crippen LogP contribution in [0.4, 0.5) is 18.9 Å². The van der Waals surface area contributed by atoms with Gasteiger partial charge in [0.25, 0.3) is 0 Å². The predicted molar refractivity (Wildman–Crippen MR) is 106 cm³/mol. The first-order valence-corrected chi connectivity index (χ1v) is 12.1. The molecule has 164 valence electrons. The van der Waals surface area contributed by atoms with Crippen molar-refractivity contribution in [2.24, 2.45) is 0 Å². The highest BCUT2D eigenvalue weighted by Crippen LogP contribution is 2.19. The maximum atomic E-state index is 13.7. The number of anilines is 1. The SMILES string of the molecule is O=S(=O)(NCCS(=O)(=O)N1CCN(c2ccc(F)cc2)CC1)c1cc(F)ccc1F. The van der Waals surface area contributed by atoms with E-state index in [0.717, 1.165) is 11.8 Å². The molecule has 0 radical (unpaired) electrons. The van der Waals surface area contributed by atoms with Gasteiger partial charge < -0.3 is 4.90 Å². The van der Waals surface area contributed by atoms with Gasteiger partial charge in [0.15, 0.2) is 0 Å². The Balaban J connectivity index is 1.56. The minimum absolute atomic E-state index is 0.186. The van der Waals surface area contributed by atoms with E-state index in [-0.39, 0.29) is 18.9 Å². The lowest BCUT2D eigenvalue weighted by atomic mass is 10.2. The largest absolute Gasteiger partial charge is 0.369 e. The van der Waals surface area contributed by atoms with E-state index in [1.165, 1.54) is 16.4 Å². The molecular formula is C18H20F3N3O4S2. The molecule has 12 heteroatoms. The molecule has 1 aliphatic heterocycles. The van der Waals surface area contributed by atoms with Crippen LogP contribution in [0.5, 0.6) is 0 Å². The Labute approximate surface area is 173 Å². The Bertz CT molecular complexity index is 1100. The molecule has 2 aromatic carbocycles. The second-order valence-corrected chi connectivity index (χ2v) is 10.5. The van der Waals surface area contributed by atoms with Gasteiger partial charge in [0.1, 0.15) is 22.3 Å². The number of sulfonamides is 2. The fourth-order valence-corrected chi connectivity index (χ4v) is 5.66. The van der Waals surface area contributed by atoms with Crippen LogP contribution in [0, 0.1) is 17.5 Å². The molecule has 30 heavy (non-hydrogen) atoms. The minimum Gasteiger partial charge on any atom is -0.369 e. The molecule has 0 amide bonds. The fraction of sp³-hybridized carbons (Fsp3) is 0.333. The molecule has 1 aliphatic rings. The molecule has 1 heterocycles. The standard InChI is InChI=1S/C18H20F3N3O4S2/c19-14-1-4-16(5-2-14)23-8-10-24(11-9-23)29(25,26)12-7-22-30(27,28)18-13-15(20)3-6-17(18)21/h1-6,13,22H,7-12H2. The summed E-state index contributed by atoms with van der Waals surface area (Å²) in [6, 6.07) is 7.87. The van der Waals surface area contributed by atoms with E-state index in [0.29, 0.717) is 25.2 Å². The van der Waals surface area contributed by atoms with Crippen molar-refractivity contribution in [1.29, 1.82) is 0 Å². The number of piperazine rings is 1. The number of hydrogen-bond donors (Lipinski definition) is 1. The van der Waals surface area contributed by atoms with Gasteiger partial charge >= 0.3 is 0 Å². The average molecular weight is 464 g/mol. The van der Waals surface area contributed by atoms with Crippen LogP contribution in [0.2, 0.25) is 0 Å². The van der Waals surface area contributed by atoms with E-state index in [1.807, 2.05) is 9.62 Å². The topological polar surface area (TPSA) is 86.8 Å². The van der Waals surface area contributed by atoms with Gasteiger partial charge in [-0.2, -0.15) is 4.31 Å². The summed E-state index contributed by atoms with van der Waals surface area (Å²) < 4.78 is 92.4. The lowest BCUT2D eigenvalue weighted by molar-refractivity contribution is 0.385. The number of halogens is 3. The number of rotatable bonds is 7. The van der Waals surface area contributed by atoms with Crippen molar-refractivity contribution >= 4 is 25.7 Å². The summed E-state index contributed by atoms with van der Waals surface area (Å²) in [4.78, 5) is 1.04. The van der Waals surface area contributed by atoms with Gasteiger partial charge in [-0.25, -0.2) is 34.7 Å². The van der Waals surface area contributed by atoms with E-state index >= 15 is 0 Å². The second-order valence-electron chi connectivity index (χ2n) is 6.65. The maximum absolute atomic E-state index is 13.7. The molecule has 3 rings (SSSR count). The highest BCUT2D eigenvalue weighted by molar-refractivity contribution is 7.90. The first-order chi connectivity index (χ1) is 14.1. The summed E-state index contributed by atoms with van der Waals surface area (Å²) in [5, 5.41) is 0. The molecule has 1 N–H and O–H groups in total. The zero-order valence-corrected chi connectivity index (χ0v) is 17.4. The summed E-state index contributed by atoms with van der Waals surface area (Å²) in [7, 11) is -8.17. The zero-order chi connectivity index (χ0) is 21.9. The van der Waals surface area contributed by atoms with Crippen LogP contribution in [0.15, 0.2) is 47.4 Å². The number of benzene rings is 2. The van der Waals surface area contributed by atoms with E-state index in [2.05, 4.69) is 0 Å². The summed E-state index contributed by atoms with van der Waals surface area (Å²) in [6.07, 6.45) is 0. The molecule has 2 aromatic rings. The molecule has 0 spiro atoms. The van der Waals surface area contributed by atoms with Crippen molar-refractivity contribution in [2.45, 2.75) is 4.90 Å². The van der Waals surface area contributed by atoms with Crippen molar-refractivity contribution in [1.82, 2.24) is 9.03 Å². The summed E-state index contributed by atoms with van der Waals surface area (Å²) >= 11 is 0. The Kier molecular flexibility index (Phi) is 6.70. The van der Waals surface area contributed by atoms with Crippen LogP contribution >= 0.6 is 0 Å². The summed E-state index contributed by atoms with van der Waals surface area (Å²) in [5.74, 6) is -2.95. The highest BCUT2D eigenvalue weighted by atomic mass is 32.2. The van der Waals surface area contributed by atoms with Crippen molar-refractivity contribution in [3.05, 3.63) is 59.9 Å². The molecule has 0 atom stereocenters. The van der Waals surface area contributed by atoms with Crippen molar-refractivity contribution in [3.63, 3.8) is 0 Å². The van der Waals surface area contributed by atoms with Gasteiger partial charge in [0, 0.05) is 38.4 Å². The molecular weight excluding hydrogens is 443 g/mol.